The molecule has 0 heterocycles. The second-order valence-corrected chi connectivity index (χ2v) is 2.49. The molecular weight excluding hydrogens is 172 g/mol. The van der Waals surface area contributed by atoms with Gasteiger partial charge < -0.3 is 5.21 Å². The van der Waals surface area contributed by atoms with Gasteiger partial charge in [0, 0.05) is 12.1 Å². The van der Waals surface area contributed by atoms with E-state index in [4.69, 9.17) is 5.21 Å². The minimum atomic E-state index is -0.477. The molecule has 0 atom stereocenters. The van der Waals surface area contributed by atoms with Gasteiger partial charge in [-0.1, -0.05) is 5.16 Å². The first-order valence-corrected chi connectivity index (χ1v) is 3.58. The molecule has 1 N–H and O–H groups in total. The molecule has 1 rings (SSSR count). The van der Waals surface area contributed by atoms with Crippen molar-refractivity contribution < 1.29 is 10.1 Å². The number of hydrogen-bond acceptors (Lipinski definition) is 4. The molecule has 0 fully saturated rings. The van der Waals surface area contributed by atoms with Crippen molar-refractivity contribution in [3.05, 3.63) is 39.9 Å². The summed E-state index contributed by atoms with van der Waals surface area (Å²) in [6.07, 6.45) is 0. The van der Waals surface area contributed by atoms with Crippen LogP contribution >= 0.6 is 0 Å². The average Bonchev–Trinajstić information content (AvgIpc) is 2.17. The summed E-state index contributed by atoms with van der Waals surface area (Å²) in [5.41, 5.74) is 1.11. The van der Waals surface area contributed by atoms with Crippen molar-refractivity contribution in [1.29, 1.82) is 0 Å². The lowest BCUT2D eigenvalue weighted by Crippen LogP contribution is -1.94. The van der Waals surface area contributed by atoms with Gasteiger partial charge in [-0.15, -0.1) is 0 Å². The largest absolute Gasteiger partial charge is 0.411 e. The highest BCUT2D eigenvalue weighted by atomic mass is 16.6. The normalized spacial score (nSPS) is 11.3. The van der Waals surface area contributed by atoms with Crippen molar-refractivity contribution >= 4 is 11.4 Å². The summed E-state index contributed by atoms with van der Waals surface area (Å²) >= 11 is 0. The first-order chi connectivity index (χ1) is 6.15. The van der Waals surface area contributed by atoms with Crippen LogP contribution in [0.5, 0.6) is 0 Å². The van der Waals surface area contributed by atoms with Gasteiger partial charge in [0.05, 0.1) is 10.6 Å². The molecule has 0 radical (unpaired) electrons. The summed E-state index contributed by atoms with van der Waals surface area (Å²) < 4.78 is 0. The van der Waals surface area contributed by atoms with E-state index in [9.17, 15) is 10.1 Å². The third-order valence-corrected chi connectivity index (χ3v) is 1.65. The summed E-state index contributed by atoms with van der Waals surface area (Å²) in [7, 11) is 0. The molecule has 1 aromatic carbocycles. The van der Waals surface area contributed by atoms with Crippen molar-refractivity contribution in [2.24, 2.45) is 5.16 Å². The zero-order valence-corrected chi connectivity index (χ0v) is 6.97. The molecule has 0 unspecified atom stereocenters. The highest BCUT2D eigenvalue weighted by molar-refractivity contribution is 5.98. The second kappa shape index (κ2) is 3.66. The van der Waals surface area contributed by atoms with Crippen molar-refractivity contribution in [2.75, 3.05) is 0 Å². The van der Waals surface area contributed by atoms with Gasteiger partial charge in [0.15, 0.2) is 0 Å². The zero-order valence-electron chi connectivity index (χ0n) is 6.97. The third kappa shape index (κ3) is 2.02. The summed E-state index contributed by atoms with van der Waals surface area (Å²) in [5.74, 6) is 0. The Kier molecular flexibility index (Phi) is 2.59. The molecule has 1 aromatic rings. The van der Waals surface area contributed by atoms with Crippen LogP contribution in [0.3, 0.4) is 0 Å². The first-order valence-electron chi connectivity index (χ1n) is 3.58. The number of oxime groups is 1. The van der Waals surface area contributed by atoms with Gasteiger partial charge in [0.2, 0.25) is 0 Å². The molecule has 13 heavy (non-hydrogen) atoms. The summed E-state index contributed by atoms with van der Waals surface area (Å²) in [6, 6.07) is 5.80. The Hall–Kier alpha value is -1.91. The van der Waals surface area contributed by atoms with E-state index in [0.717, 1.165) is 0 Å². The number of nitro benzene ring substituents is 1. The van der Waals surface area contributed by atoms with E-state index in [-0.39, 0.29) is 5.69 Å². The van der Waals surface area contributed by atoms with Crippen molar-refractivity contribution in [3.63, 3.8) is 0 Å². The van der Waals surface area contributed by atoms with Crippen LogP contribution in [0.1, 0.15) is 12.5 Å². The molecule has 0 amide bonds. The fraction of sp³-hybridized carbons (Fsp3) is 0.125. The Bertz CT molecular complexity index is 343. The molecule has 0 aromatic heterocycles. The monoisotopic (exact) mass is 180 g/mol. The van der Waals surface area contributed by atoms with Crippen LogP contribution in [0.4, 0.5) is 5.69 Å². The summed E-state index contributed by atoms with van der Waals surface area (Å²) in [6.45, 7) is 1.61. The maximum absolute atomic E-state index is 10.3. The van der Waals surface area contributed by atoms with Crippen molar-refractivity contribution in [3.8, 4) is 0 Å². The van der Waals surface area contributed by atoms with Crippen molar-refractivity contribution in [1.82, 2.24) is 0 Å². The quantitative estimate of drug-likeness (QED) is 0.326. The van der Waals surface area contributed by atoms with Crippen molar-refractivity contribution in [2.45, 2.75) is 6.92 Å². The smallest absolute Gasteiger partial charge is 0.269 e. The lowest BCUT2D eigenvalue weighted by atomic mass is 10.1. The molecule has 5 nitrogen and oxygen atoms in total. The lowest BCUT2D eigenvalue weighted by Gasteiger charge is -1.96. The fourth-order valence-corrected chi connectivity index (χ4v) is 0.882. The van der Waals surface area contributed by atoms with Crippen LogP contribution in [0.2, 0.25) is 0 Å². The van der Waals surface area contributed by atoms with E-state index in [1.54, 1.807) is 6.92 Å². The zero-order chi connectivity index (χ0) is 9.84. The van der Waals surface area contributed by atoms with Gasteiger partial charge in [-0.25, -0.2) is 0 Å². The fourth-order valence-electron chi connectivity index (χ4n) is 0.882. The van der Waals surface area contributed by atoms with Gasteiger partial charge in [-0.2, -0.15) is 0 Å². The molecular formula is C8H8N2O3. The number of non-ortho nitro benzene ring substituents is 1. The summed E-state index contributed by atoms with van der Waals surface area (Å²) in [5, 5.41) is 21.7. The van der Waals surface area contributed by atoms with E-state index < -0.39 is 4.92 Å². The van der Waals surface area contributed by atoms with Gasteiger partial charge in [-0.05, 0) is 24.6 Å². The number of rotatable bonds is 2. The average molecular weight is 180 g/mol. The van der Waals surface area contributed by atoms with Crippen LogP contribution in [0.25, 0.3) is 0 Å². The maximum Gasteiger partial charge on any atom is 0.269 e. The van der Waals surface area contributed by atoms with E-state index in [1.165, 1.54) is 24.3 Å². The van der Waals surface area contributed by atoms with E-state index in [2.05, 4.69) is 5.16 Å². The summed E-state index contributed by atoms with van der Waals surface area (Å²) in [4.78, 5) is 9.80. The molecule has 5 heteroatoms. The Morgan fingerprint density at radius 2 is 2.00 bits per heavy atom. The molecule has 0 aliphatic heterocycles. The Labute approximate surface area is 74.5 Å². The lowest BCUT2D eigenvalue weighted by molar-refractivity contribution is -0.384. The minimum absolute atomic E-state index is 0.0227. The van der Waals surface area contributed by atoms with E-state index in [0.29, 0.717) is 11.3 Å². The molecule has 0 aliphatic carbocycles. The molecule has 0 spiro atoms. The van der Waals surface area contributed by atoms with Crippen LogP contribution in [0.15, 0.2) is 29.4 Å². The van der Waals surface area contributed by atoms with Crippen LogP contribution in [0, 0.1) is 10.1 Å². The van der Waals surface area contributed by atoms with E-state index in [1.807, 2.05) is 0 Å². The maximum atomic E-state index is 10.3. The highest BCUT2D eigenvalue weighted by Crippen LogP contribution is 2.12. The van der Waals surface area contributed by atoms with Gasteiger partial charge in [0.1, 0.15) is 0 Å². The van der Waals surface area contributed by atoms with Crippen LogP contribution in [-0.2, 0) is 0 Å². The van der Waals surface area contributed by atoms with Crippen LogP contribution < -0.4 is 0 Å². The van der Waals surface area contributed by atoms with Gasteiger partial charge in [-0.3, -0.25) is 10.1 Å². The number of benzene rings is 1. The number of hydrogen-bond donors (Lipinski definition) is 1. The number of nitro groups is 1. The Balaban J connectivity index is 3.00. The Morgan fingerprint density at radius 3 is 2.38 bits per heavy atom. The SMILES string of the molecule is C/C(=N/O)c1ccc([N+](=O)[O-])cc1. The highest BCUT2D eigenvalue weighted by Gasteiger charge is 2.04. The van der Waals surface area contributed by atoms with Gasteiger partial charge in [0.25, 0.3) is 5.69 Å². The molecule has 0 saturated heterocycles. The molecule has 68 valence electrons. The van der Waals surface area contributed by atoms with Crippen LogP contribution in [-0.4, -0.2) is 15.8 Å². The first kappa shape index (κ1) is 9.18. The third-order valence-electron chi connectivity index (χ3n) is 1.65. The predicted octanol–water partition coefficient (Wildman–Crippen LogP) is 1.79. The minimum Gasteiger partial charge on any atom is -0.411 e. The Morgan fingerprint density at radius 1 is 1.46 bits per heavy atom. The standard InChI is InChI=1S/C8H8N2O3/c1-6(9-11)7-2-4-8(5-3-7)10(12)13/h2-5,11H,1H3/b9-6-. The molecule has 0 saturated carbocycles. The molecule has 0 aliphatic rings. The second-order valence-electron chi connectivity index (χ2n) is 2.49. The van der Waals surface area contributed by atoms with Gasteiger partial charge >= 0.3 is 0 Å². The number of nitrogens with zero attached hydrogens (tertiary/aromatic N) is 2. The van der Waals surface area contributed by atoms with E-state index >= 15 is 0 Å². The topological polar surface area (TPSA) is 75.7 Å². The predicted molar refractivity (Wildman–Crippen MR) is 47.1 cm³/mol. The molecule has 0 bridgehead atoms.